The van der Waals surface area contributed by atoms with Gasteiger partial charge in [-0.1, -0.05) is 37.3 Å². The Morgan fingerprint density at radius 3 is 2.63 bits per heavy atom. The molecule has 1 saturated carbocycles. The van der Waals surface area contributed by atoms with E-state index < -0.39 is 0 Å². The minimum atomic E-state index is -0.247. The highest BCUT2D eigenvalue weighted by molar-refractivity contribution is 5.77. The van der Waals surface area contributed by atoms with Crippen LogP contribution in [0.15, 0.2) is 30.3 Å². The van der Waals surface area contributed by atoms with Gasteiger partial charge in [0.15, 0.2) is 0 Å². The molecule has 0 radical (unpaired) electrons. The van der Waals surface area contributed by atoms with Gasteiger partial charge >= 0.3 is 5.97 Å². The highest BCUT2D eigenvalue weighted by Crippen LogP contribution is 2.28. The lowest BCUT2D eigenvalue weighted by atomic mass is 9.93. The first-order valence-corrected chi connectivity index (χ1v) is 7.17. The van der Waals surface area contributed by atoms with E-state index in [1.54, 1.807) is 0 Å². The zero-order valence-corrected chi connectivity index (χ0v) is 11.8. The van der Waals surface area contributed by atoms with E-state index in [0.29, 0.717) is 6.61 Å². The lowest BCUT2D eigenvalue weighted by Crippen LogP contribution is -2.43. The van der Waals surface area contributed by atoms with Crippen molar-refractivity contribution in [3.8, 4) is 0 Å². The molecule has 1 aromatic rings. The molecule has 19 heavy (non-hydrogen) atoms. The van der Waals surface area contributed by atoms with Crippen LogP contribution in [-0.4, -0.2) is 25.2 Å². The van der Waals surface area contributed by atoms with Crippen LogP contribution < -0.4 is 5.32 Å². The van der Waals surface area contributed by atoms with Crippen molar-refractivity contribution in [1.29, 1.82) is 0 Å². The van der Waals surface area contributed by atoms with Crippen LogP contribution in [0.4, 0.5) is 0 Å². The van der Waals surface area contributed by atoms with Gasteiger partial charge in [-0.05, 0) is 37.8 Å². The normalized spacial score (nSPS) is 17.8. The Bertz CT molecular complexity index is 400. The van der Waals surface area contributed by atoms with Crippen LogP contribution in [0.5, 0.6) is 0 Å². The summed E-state index contributed by atoms with van der Waals surface area (Å²) in [5.74, 6) is 0.735. The van der Waals surface area contributed by atoms with Gasteiger partial charge in [0.1, 0.15) is 6.04 Å². The van der Waals surface area contributed by atoms with Gasteiger partial charge in [0.2, 0.25) is 0 Å². The Balaban J connectivity index is 2.03. The number of esters is 1. The van der Waals surface area contributed by atoms with Gasteiger partial charge < -0.3 is 10.1 Å². The van der Waals surface area contributed by atoms with Crippen molar-refractivity contribution in [2.24, 2.45) is 5.92 Å². The summed E-state index contributed by atoms with van der Waals surface area (Å²) in [5.41, 5.74) is 1.17. The molecule has 2 unspecified atom stereocenters. The summed E-state index contributed by atoms with van der Waals surface area (Å²) in [6.07, 6.45) is 2.56. The van der Waals surface area contributed by atoms with Crippen molar-refractivity contribution in [3.63, 3.8) is 0 Å². The van der Waals surface area contributed by atoms with E-state index in [1.165, 1.54) is 18.4 Å². The van der Waals surface area contributed by atoms with E-state index in [0.717, 1.165) is 12.5 Å². The molecule has 2 rings (SSSR count). The maximum absolute atomic E-state index is 12.1. The van der Waals surface area contributed by atoms with Crippen LogP contribution in [0.25, 0.3) is 0 Å². The van der Waals surface area contributed by atoms with E-state index in [2.05, 4.69) is 24.4 Å². The molecule has 3 heteroatoms. The molecule has 0 spiro atoms. The fraction of sp³-hybridized carbons (Fsp3) is 0.562. The molecular weight excluding hydrogens is 238 g/mol. The first-order chi connectivity index (χ1) is 9.22. The van der Waals surface area contributed by atoms with E-state index in [9.17, 15) is 4.79 Å². The summed E-state index contributed by atoms with van der Waals surface area (Å²) in [5, 5.41) is 3.39. The zero-order chi connectivity index (χ0) is 13.7. The van der Waals surface area contributed by atoms with E-state index in [1.807, 2.05) is 25.1 Å². The average molecular weight is 261 g/mol. The van der Waals surface area contributed by atoms with Crippen LogP contribution in [0.2, 0.25) is 0 Å². The predicted molar refractivity (Wildman–Crippen MR) is 76.0 cm³/mol. The summed E-state index contributed by atoms with van der Waals surface area (Å²) >= 11 is 0. The number of hydrogen-bond acceptors (Lipinski definition) is 3. The zero-order valence-electron chi connectivity index (χ0n) is 11.8. The number of benzene rings is 1. The van der Waals surface area contributed by atoms with Gasteiger partial charge in [0, 0.05) is 5.92 Å². The topological polar surface area (TPSA) is 38.3 Å². The smallest absolute Gasteiger partial charge is 0.323 e. The number of ether oxygens (including phenoxy) is 1. The molecule has 1 aliphatic rings. The number of nitrogens with one attached hydrogen (secondary N) is 1. The Hall–Kier alpha value is -1.35. The molecule has 1 aliphatic carbocycles. The lowest BCUT2D eigenvalue weighted by Gasteiger charge is -2.24. The van der Waals surface area contributed by atoms with Gasteiger partial charge in [-0.25, -0.2) is 0 Å². The van der Waals surface area contributed by atoms with Crippen molar-refractivity contribution in [1.82, 2.24) is 5.32 Å². The van der Waals surface area contributed by atoms with Crippen LogP contribution in [0, 0.1) is 5.92 Å². The molecular formula is C16H23NO2. The molecule has 0 aliphatic heterocycles. The third-order valence-electron chi connectivity index (χ3n) is 3.69. The molecule has 104 valence electrons. The second-order valence-electron chi connectivity index (χ2n) is 5.28. The van der Waals surface area contributed by atoms with Crippen LogP contribution in [-0.2, 0) is 9.53 Å². The lowest BCUT2D eigenvalue weighted by molar-refractivity contribution is -0.146. The van der Waals surface area contributed by atoms with Gasteiger partial charge in [-0.15, -0.1) is 0 Å². The summed E-state index contributed by atoms with van der Waals surface area (Å²) in [6.45, 7) is 5.28. The van der Waals surface area contributed by atoms with E-state index in [4.69, 9.17) is 4.74 Å². The third kappa shape index (κ3) is 4.06. The maximum atomic E-state index is 12.1. The first kappa shape index (κ1) is 14.1. The molecule has 1 aromatic carbocycles. The Labute approximate surface area is 115 Å². The number of carbonyl (C=O) groups is 1. The maximum Gasteiger partial charge on any atom is 0.323 e. The Kier molecular flexibility index (Phi) is 4.97. The van der Waals surface area contributed by atoms with Gasteiger partial charge in [-0.2, -0.15) is 0 Å². The largest absolute Gasteiger partial charge is 0.465 e. The number of rotatable bonds is 7. The second kappa shape index (κ2) is 6.71. The molecule has 1 fully saturated rings. The third-order valence-corrected chi connectivity index (χ3v) is 3.69. The standard InChI is InChI=1S/C16H23NO2/c1-3-19-16(18)15(17-11-13-9-10-13)12(2)14-7-5-4-6-8-14/h4-8,12-13,15,17H,3,9-11H2,1-2H3. The minimum Gasteiger partial charge on any atom is -0.465 e. The average Bonchev–Trinajstić information content (AvgIpc) is 3.24. The summed E-state index contributed by atoms with van der Waals surface area (Å²) in [4.78, 5) is 12.1. The van der Waals surface area contributed by atoms with Crippen LogP contribution in [0.3, 0.4) is 0 Å². The van der Waals surface area contributed by atoms with Crippen LogP contribution >= 0.6 is 0 Å². The molecule has 0 saturated heterocycles. The second-order valence-corrected chi connectivity index (χ2v) is 5.28. The molecule has 0 heterocycles. The number of carbonyl (C=O) groups excluding carboxylic acids is 1. The first-order valence-electron chi connectivity index (χ1n) is 7.17. The minimum absolute atomic E-state index is 0.124. The van der Waals surface area contributed by atoms with Crippen LogP contribution in [0.1, 0.15) is 38.2 Å². The highest BCUT2D eigenvalue weighted by Gasteiger charge is 2.30. The fourth-order valence-electron chi connectivity index (χ4n) is 2.26. The van der Waals surface area contributed by atoms with E-state index >= 15 is 0 Å². The van der Waals surface area contributed by atoms with Gasteiger partial charge in [0.25, 0.3) is 0 Å². The summed E-state index contributed by atoms with van der Waals surface area (Å²) in [6, 6.07) is 9.89. The molecule has 3 nitrogen and oxygen atoms in total. The van der Waals surface area contributed by atoms with Crippen molar-refractivity contribution < 1.29 is 9.53 Å². The molecule has 0 amide bonds. The summed E-state index contributed by atoms with van der Waals surface area (Å²) < 4.78 is 5.20. The summed E-state index contributed by atoms with van der Waals surface area (Å²) in [7, 11) is 0. The van der Waals surface area contributed by atoms with Crippen molar-refractivity contribution in [2.45, 2.75) is 38.6 Å². The van der Waals surface area contributed by atoms with Gasteiger partial charge in [0.05, 0.1) is 6.61 Å². The molecule has 2 atom stereocenters. The Morgan fingerprint density at radius 1 is 1.37 bits per heavy atom. The fourth-order valence-corrected chi connectivity index (χ4v) is 2.26. The molecule has 0 bridgehead atoms. The molecule has 0 aromatic heterocycles. The van der Waals surface area contributed by atoms with Gasteiger partial charge in [-0.3, -0.25) is 4.79 Å². The quantitative estimate of drug-likeness (QED) is 0.767. The van der Waals surface area contributed by atoms with E-state index in [-0.39, 0.29) is 17.9 Å². The number of hydrogen-bond donors (Lipinski definition) is 1. The van der Waals surface area contributed by atoms with Crippen molar-refractivity contribution >= 4 is 5.97 Å². The predicted octanol–water partition coefficient (Wildman–Crippen LogP) is 2.72. The monoisotopic (exact) mass is 261 g/mol. The van der Waals surface area contributed by atoms with Crippen molar-refractivity contribution in [2.75, 3.05) is 13.2 Å². The Morgan fingerprint density at radius 2 is 2.05 bits per heavy atom. The van der Waals surface area contributed by atoms with Crippen molar-refractivity contribution in [3.05, 3.63) is 35.9 Å². The molecule has 1 N–H and O–H groups in total. The SMILES string of the molecule is CCOC(=O)C(NCC1CC1)C(C)c1ccccc1. The highest BCUT2D eigenvalue weighted by atomic mass is 16.5.